The van der Waals surface area contributed by atoms with Crippen molar-refractivity contribution < 1.29 is 13.9 Å². The lowest BCUT2D eigenvalue weighted by atomic mass is 9.90. The number of fused-ring (bicyclic) bond motifs is 2. The Morgan fingerprint density at radius 2 is 1.95 bits per heavy atom. The van der Waals surface area contributed by atoms with Crippen LogP contribution >= 0.6 is 11.6 Å². The average molecular weight is 575 g/mol. The molecule has 1 amide bonds. The number of ether oxygens (including phenoxy) is 1. The molecule has 2 aliphatic rings. The molecule has 0 spiro atoms. The van der Waals surface area contributed by atoms with Crippen molar-refractivity contribution in [3.05, 3.63) is 82.3 Å². The molecule has 0 unspecified atom stereocenters. The van der Waals surface area contributed by atoms with E-state index in [1.807, 2.05) is 25.7 Å². The van der Waals surface area contributed by atoms with Gasteiger partial charge < -0.3 is 14.5 Å². The first kappa shape index (κ1) is 26.9. The Labute approximate surface area is 240 Å². The van der Waals surface area contributed by atoms with E-state index < -0.39 is 16.9 Å². The lowest BCUT2D eigenvalue weighted by molar-refractivity contribution is -0.126. The normalized spacial score (nSPS) is 16.7. The predicted molar refractivity (Wildman–Crippen MR) is 155 cm³/mol. The monoisotopic (exact) mass is 574 g/mol. The second-order valence-corrected chi connectivity index (χ2v) is 11.5. The van der Waals surface area contributed by atoms with Gasteiger partial charge in [-0.25, -0.2) is 18.7 Å². The molecule has 5 heterocycles. The lowest BCUT2D eigenvalue weighted by Gasteiger charge is -2.40. The minimum Gasteiger partial charge on any atom is -0.489 e. The van der Waals surface area contributed by atoms with Crippen molar-refractivity contribution >= 4 is 34.4 Å². The fourth-order valence-electron chi connectivity index (χ4n) is 5.51. The standard InChI is InChI=1S/C30H28ClFN6O3/c1-5-21(39)36-13-14-37-17(15-36)16-41-25-22-27(37)35-29(40)38(20-11-8-12-33-26(20)30(2,3)4)28(22)34-24(23(25)31)18-9-6-7-10-19(18)32/h5-12,17H,1,13-16H2,2-4H3/t17-/m1/s1. The topological polar surface area (TPSA) is 93.5 Å². The molecule has 4 aromatic rings. The van der Waals surface area contributed by atoms with Gasteiger partial charge in [0.25, 0.3) is 0 Å². The van der Waals surface area contributed by atoms with Crippen LogP contribution in [0.1, 0.15) is 26.5 Å². The van der Waals surface area contributed by atoms with Crippen LogP contribution in [0.4, 0.5) is 10.2 Å². The molecule has 1 aromatic carbocycles. The van der Waals surface area contributed by atoms with Gasteiger partial charge >= 0.3 is 5.69 Å². The summed E-state index contributed by atoms with van der Waals surface area (Å²) in [6.45, 7) is 10.9. The van der Waals surface area contributed by atoms with Crippen molar-refractivity contribution in [2.75, 3.05) is 31.1 Å². The van der Waals surface area contributed by atoms with Crippen LogP contribution in [0.2, 0.25) is 5.02 Å². The number of pyridine rings is 2. The number of anilines is 1. The average Bonchev–Trinajstić information content (AvgIpc) is 3.11. The Balaban J connectivity index is 1.68. The van der Waals surface area contributed by atoms with E-state index in [9.17, 15) is 9.59 Å². The van der Waals surface area contributed by atoms with Crippen LogP contribution in [0.3, 0.4) is 0 Å². The largest absolute Gasteiger partial charge is 0.489 e. The molecular formula is C30H28ClFN6O3. The third kappa shape index (κ3) is 4.42. The van der Waals surface area contributed by atoms with Crippen molar-refractivity contribution in [1.29, 1.82) is 0 Å². The van der Waals surface area contributed by atoms with Crippen molar-refractivity contribution in [1.82, 2.24) is 24.4 Å². The molecular weight excluding hydrogens is 547 g/mol. The maximum Gasteiger partial charge on any atom is 0.355 e. The van der Waals surface area contributed by atoms with Crippen LogP contribution in [0.25, 0.3) is 28.0 Å². The van der Waals surface area contributed by atoms with Gasteiger partial charge in [0.15, 0.2) is 11.4 Å². The molecule has 210 valence electrons. The Hall–Kier alpha value is -4.31. The van der Waals surface area contributed by atoms with Crippen LogP contribution < -0.4 is 15.3 Å². The van der Waals surface area contributed by atoms with E-state index in [1.54, 1.807) is 41.4 Å². The lowest BCUT2D eigenvalue weighted by Crippen LogP contribution is -2.56. The van der Waals surface area contributed by atoms with Gasteiger partial charge in [-0.3, -0.25) is 9.78 Å². The SMILES string of the molecule is C=CC(=O)N1CCN2c3nc(=O)n(-c4cccnc4C(C)(C)C)c4nc(-c5ccccc5F)c(Cl)c(c34)OC[C@H]2C1. The fourth-order valence-corrected chi connectivity index (χ4v) is 5.81. The Kier molecular flexibility index (Phi) is 6.53. The van der Waals surface area contributed by atoms with Crippen LogP contribution in [0, 0.1) is 5.82 Å². The van der Waals surface area contributed by atoms with E-state index in [2.05, 4.69) is 16.5 Å². The molecule has 0 aliphatic carbocycles. The molecule has 1 saturated heterocycles. The summed E-state index contributed by atoms with van der Waals surface area (Å²) in [5.74, 6) is -0.0886. The summed E-state index contributed by atoms with van der Waals surface area (Å²) in [5.41, 5.74) is 0.706. The molecule has 9 nitrogen and oxygen atoms in total. The molecule has 3 aromatic heterocycles. The highest BCUT2D eigenvalue weighted by atomic mass is 35.5. The van der Waals surface area contributed by atoms with Crippen LogP contribution in [0.15, 0.2) is 60.0 Å². The molecule has 41 heavy (non-hydrogen) atoms. The number of benzene rings is 1. The maximum atomic E-state index is 15.1. The van der Waals surface area contributed by atoms with Gasteiger partial charge in [0.2, 0.25) is 5.91 Å². The van der Waals surface area contributed by atoms with Gasteiger partial charge in [-0.15, -0.1) is 0 Å². The van der Waals surface area contributed by atoms with Crippen molar-refractivity contribution in [3.63, 3.8) is 0 Å². The molecule has 11 heteroatoms. The van der Waals surface area contributed by atoms with Gasteiger partial charge in [0, 0.05) is 36.8 Å². The zero-order valence-corrected chi connectivity index (χ0v) is 23.7. The number of halogens is 2. The third-order valence-corrected chi connectivity index (χ3v) is 7.78. The van der Waals surface area contributed by atoms with E-state index in [0.717, 1.165) is 0 Å². The molecule has 1 atom stereocenters. The zero-order chi connectivity index (χ0) is 29.1. The highest BCUT2D eigenvalue weighted by Crippen LogP contribution is 2.45. The first-order valence-corrected chi connectivity index (χ1v) is 13.7. The molecule has 1 fully saturated rings. The minimum absolute atomic E-state index is 0.108. The number of rotatable bonds is 3. The first-order valence-electron chi connectivity index (χ1n) is 13.3. The van der Waals surface area contributed by atoms with E-state index in [0.29, 0.717) is 42.2 Å². The summed E-state index contributed by atoms with van der Waals surface area (Å²) in [7, 11) is 0. The highest BCUT2D eigenvalue weighted by Gasteiger charge is 2.37. The number of amides is 1. The van der Waals surface area contributed by atoms with E-state index in [4.69, 9.17) is 21.3 Å². The van der Waals surface area contributed by atoms with Crippen molar-refractivity contribution in [2.24, 2.45) is 0 Å². The molecule has 0 radical (unpaired) electrons. The Morgan fingerprint density at radius 3 is 2.68 bits per heavy atom. The number of aromatic nitrogens is 4. The predicted octanol–water partition coefficient (Wildman–Crippen LogP) is 4.53. The fraction of sp³-hybridized carbons (Fsp3) is 0.300. The second-order valence-electron chi connectivity index (χ2n) is 11.1. The number of hydrogen-bond donors (Lipinski definition) is 0. The van der Waals surface area contributed by atoms with Gasteiger partial charge in [0.1, 0.15) is 28.7 Å². The number of hydrogen-bond acceptors (Lipinski definition) is 7. The molecule has 2 aliphatic heterocycles. The van der Waals surface area contributed by atoms with Crippen LogP contribution in [0.5, 0.6) is 5.75 Å². The molecule has 0 saturated carbocycles. The minimum atomic E-state index is -0.573. The molecule has 0 bridgehead atoms. The second kappa shape index (κ2) is 9.95. The summed E-state index contributed by atoms with van der Waals surface area (Å²) >= 11 is 6.94. The van der Waals surface area contributed by atoms with E-state index in [1.165, 1.54) is 16.7 Å². The van der Waals surface area contributed by atoms with Gasteiger partial charge in [-0.05, 0) is 30.3 Å². The number of carbonyl (C=O) groups is 1. The van der Waals surface area contributed by atoms with Crippen LogP contribution in [-0.2, 0) is 10.2 Å². The van der Waals surface area contributed by atoms with Crippen molar-refractivity contribution in [2.45, 2.75) is 32.2 Å². The smallest absolute Gasteiger partial charge is 0.355 e. The summed E-state index contributed by atoms with van der Waals surface area (Å²) in [5, 5.41) is 0.543. The Morgan fingerprint density at radius 1 is 1.17 bits per heavy atom. The van der Waals surface area contributed by atoms with Gasteiger partial charge in [0.05, 0.1) is 23.1 Å². The van der Waals surface area contributed by atoms with Gasteiger partial charge in [-0.2, -0.15) is 4.98 Å². The third-order valence-electron chi connectivity index (χ3n) is 7.43. The summed E-state index contributed by atoms with van der Waals surface area (Å²) < 4.78 is 22.8. The summed E-state index contributed by atoms with van der Waals surface area (Å²) in [6, 6.07) is 9.39. The molecule has 0 N–H and O–H groups in total. The van der Waals surface area contributed by atoms with Gasteiger partial charge in [-0.1, -0.05) is 51.1 Å². The quantitative estimate of drug-likeness (QED) is 0.332. The first-order chi connectivity index (χ1) is 19.6. The highest BCUT2D eigenvalue weighted by molar-refractivity contribution is 6.36. The van der Waals surface area contributed by atoms with E-state index >= 15 is 4.39 Å². The zero-order valence-electron chi connectivity index (χ0n) is 22.9. The summed E-state index contributed by atoms with van der Waals surface area (Å²) in [4.78, 5) is 44.0. The Bertz CT molecular complexity index is 1780. The van der Waals surface area contributed by atoms with Crippen molar-refractivity contribution in [3.8, 4) is 22.7 Å². The number of piperazine rings is 1. The number of carbonyl (C=O) groups excluding carboxylic acids is 1. The summed E-state index contributed by atoms with van der Waals surface area (Å²) in [6.07, 6.45) is 2.95. The maximum absolute atomic E-state index is 15.1. The molecule has 6 rings (SSSR count). The van der Waals surface area contributed by atoms with Crippen LogP contribution in [-0.4, -0.2) is 62.6 Å². The number of nitrogens with zero attached hydrogens (tertiary/aromatic N) is 6. The van der Waals surface area contributed by atoms with E-state index in [-0.39, 0.29) is 46.2 Å².